The molecule has 0 N–H and O–H groups in total. The Balaban J connectivity index is 2.38. The number of hydrogen-bond acceptors (Lipinski definition) is 2. The van der Waals surface area contributed by atoms with E-state index in [4.69, 9.17) is 11.6 Å². The zero-order chi connectivity index (χ0) is 12.6. The highest BCUT2D eigenvalue weighted by Gasteiger charge is 2.23. The average Bonchev–Trinajstić information content (AvgIpc) is 2.63. The highest BCUT2D eigenvalue weighted by molar-refractivity contribution is 6.21. The van der Waals surface area contributed by atoms with Gasteiger partial charge in [-0.1, -0.05) is 20.8 Å². The van der Waals surface area contributed by atoms with Crippen molar-refractivity contribution in [3.63, 3.8) is 0 Å². The second-order valence-electron chi connectivity index (χ2n) is 5.59. The van der Waals surface area contributed by atoms with Crippen molar-refractivity contribution < 1.29 is 0 Å². The maximum absolute atomic E-state index is 6.45. The summed E-state index contributed by atoms with van der Waals surface area (Å²) < 4.78 is 1.87. The second kappa shape index (κ2) is 4.30. The summed E-state index contributed by atoms with van der Waals surface area (Å²) in [5.74, 6) is 0. The van der Waals surface area contributed by atoms with E-state index in [1.165, 1.54) is 5.56 Å². The molecule has 0 aliphatic carbocycles. The number of nitrogens with zero attached hydrogens (tertiary/aromatic N) is 3. The van der Waals surface area contributed by atoms with Crippen molar-refractivity contribution in [2.75, 3.05) is 0 Å². The molecule has 1 atom stereocenters. The van der Waals surface area contributed by atoms with Crippen LogP contribution in [0.3, 0.4) is 0 Å². The molecule has 0 bridgehead atoms. The fourth-order valence-corrected chi connectivity index (χ4v) is 1.93. The van der Waals surface area contributed by atoms with Crippen LogP contribution in [0.2, 0.25) is 0 Å². The van der Waals surface area contributed by atoms with Gasteiger partial charge in [-0.05, 0) is 30.0 Å². The molecule has 3 nitrogen and oxygen atoms in total. The highest BCUT2D eigenvalue weighted by atomic mass is 35.5. The summed E-state index contributed by atoms with van der Waals surface area (Å²) in [7, 11) is 0. The molecular formula is C13H18ClN3. The third-order valence-electron chi connectivity index (χ3n) is 2.93. The van der Waals surface area contributed by atoms with Crippen LogP contribution in [0.1, 0.15) is 32.0 Å². The number of halogens is 1. The standard InChI is InChI=1S/C13H18ClN3/c1-9-5-10(7-11(14)13(2,3)4)17-12(6-9)15-8-16-17/h5-6,8,11H,7H2,1-4H3. The van der Waals surface area contributed by atoms with E-state index >= 15 is 0 Å². The van der Waals surface area contributed by atoms with E-state index in [0.29, 0.717) is 0 Å². The number of aromatic nitrogens is 3. The van der Waals surface area contributed by atoms with Crippen molar-refractivity contribution in [1.29, 1.82) is 0 Å². The van der Waals surface area contributed by atoms with Gasteiger partial charge in [-0.2, -0.15) is 5.10 Å². The van der Waals surface area contributed by atoms with Crippen LogP contribution >= 0.6 is 11.6 Å². The minimum absolute atomic E-state index is 0.0803. The molecule has 2 aromatic heterocycles. The van der Waals surface area contributed by atoms with Crippen molar-refractivity contribution >= 4 is 17.2 Å². The van der Waals surface area contributed by atoms with Gasteiger partial charge in [0.2, 0.25) is 0 Å². The van der Waals surface area contributed by atoms with Crippen LogP contribution in [0.25, 0.3) is 5.65 Å². The van der Waals surface area contributed by atoms with E-state index in [1.54, 1.807) is 6.33 Å². The van der Waals surface area contributed by atoms with E-state index in [2.05, 4.69) is 43.8 Å². The van der Waals surface area contributed by atoms with E-state index in [9.17, 15) is 0 Å². The normalized spacial score (nSPS) is 14.2. The summed E-state index contributed by atoms with van der Waals surface area (Å²) in [4.78, 5) is 4.22. The molecule has 0 saturated heterocycles. The summed E-state index contributed by atoms with van der Waals surface area (Å²) in [6, 6.07) is 4.15. The molecule has 2 rings (SSSR count). The average molecular weight is 252 g/mol. The Morgan fingerprint density at radius 3 is 2.71 bits per heavy atom. The molecule has 2 heterocycles. The van der Waals surface area contributed by atoms with E-state index in [1.807, 2.05) is 10.6 Å². The first kappa shape index (κ1) is 12.4. The van der Waals surface area contributed by atoms with E-state index in [0.717, 1.165) is 17.8 Å². The molecule has 0 aliphatic heterocycles. The number of pyridine rings is 1. The van der Waals surface area contributed by atoms with Gasteiger partial charge in [-0.3, -0.25) is 0 Å². The lowest BCUT2D eigenvalue weighted by atomic mass is 9.89. The molecule has 2 aromatic rings. The number of fused-ring (bicyclic) bond motifs is 1. The van der Waals surface area contributed by atoms with Gasteiger partial charge in [0.15, 0.2) is 5.65 Å². The monoisotopic (exact) mass is 251 g/mol. The Morgan fingerprint density at radius 2 is 2.06 bits per heavy atom. The van der Waals surface area contributed by atoms with Crippen LogP contribution in [0, 0.1) is 12.3 Å². The SMILES string of the molecule is Cc1cc(CC(Cl)C(C)(C)C)n2ncnc2c1. The molecule has 1 unspecified atom stereocenters. The Kier molecular flexibility index (Phi) is 3.13. The van der Waals surface area contributed by atoms with Crippen molar-refractivity contribution in [1.82, 2.24) is 14.6 Å². The zero-order valence-electron chi connectivity index (χ0n) is 10.7. The molecule has 0 fully saturated rings. The lowest BCUT2D eigenvalue weighted by Crippen LogP contribution is -2.24. The minimum atomic E-state index is 0.0803. The largest absolute Gasteiger partial charge is 0.218 e. The number of alkyl halides is 1. The predicted octanol–water partition coefficient (Wildman–Crippen LogP) is 3.23. The highest BCUT2D eigenvalue weighted by Crippen LogP contribution is 2.27. The van der Waals surface area contributed by atoms with Crippen LogP contribution < -0.4 is 0 Å². The van der Waals surface area contributed by atoms with Crippen molar-refractivity contribution in [2.45, 2.75) is 39.5 Å². The van der Waals surface area contributed by atoms with Crippen LogP contribution in [-0.4, -0.2) is 20.0 Å². The maximum atomic E-state index is 6.45. The van der Waals surface area contributed by atoms with Gasteiger partial charge in [-0.25, -0.2) is 9.50 Å². The zero-order valence-corrected chi connectivity index (χ0v) is 11.5. The van der Waals surface area contributed by atoms with Crippen LogP contribution in [0.15, 0.2) is 18.5 Å². The number of hydrogen-bond donors (Lipinski definition) is 0. The topological polar surface area (TPSA) is 30.2 Å². The quantitative estimate of drug-likeness (QED) is 0.767. The Morgan fingerprint density at radius 1 is 1.35 bits per heavy atom. The smallest absolute Gasteiger partial charge is 0.155 e. The molecule has 0 aromatic carbocycles. The molecule has 0 amide bonds. The fraction of sp³-hybridized carbons (Fsp3) is 0.538. The minimum Gasteiger partial charge on any atom is -0.218 e. The molecule has 0 saturated carbocycles. The predicted molar refractivity (Wildman–Crippen MR) is 70.5 cm³/mol. The van der Waals surface area contributed by atoms with Gasteiger partial charge >= 0.3 is 0 Å². The first-order valence-electron chi connectivity index (χ1n) is 5.81. The fourth-order valence-electron chi connectivity index (χ4n) is 1.77. The lowest BCUT2D eigenvalue weighted by Gasteiger charge is -2.25. The Labute approximate surface area is 107 Å². The third-order valence-corrected chi connectivity index (χ3v) is 3.73. The number of aryl methyl sites for hydroxylation is 1. The van der Waals surface area contributed by atoms with E-state index < -0.39 is 0 Å². The molecule has 0 spiro atoms. The van der Waals surface area contributed by atoms with Gasteiger partial charge in [0.1, 0.15) is 6.33 Å². The Bertz CT molecular complexity index is 525. The van der Waals surface area contributed by atoms with E-state index in [-0.39, 0.29) is 10.8 Å². The van der Waals surface area contributed by atoms with Gasteiger partial charge in [0, 0.05) is 17.5 Å². The van der Waals surface area contributed by atoms with Crippen LogP contribution in [0.5, 0.6) is 0 Å². The molecule has 0 radical (unpaired) electrons. The lowest BCUT2D eigenvalue weighted by molar-refractivity contribution is 0.383. The first-order valence-corrected chi connectivity index (χ1v) is 6.25. The summed E-state index contributed by atoms with van der Waals surface area (Å²) in [5, 5.41) is 4.32. The molecule has 4 heteroatoms. The summed E-state index contributed by atoms with van der Waals surface area (Å²) in [6.07, 6.45) is 2.38. The molecule has 92 valence electrons. The summed E-state index contributed by atoms with van der Waals surface area (Å²) in [5.41, 5.74) is 3.28. The molecule has 0 aliphatic rings. The van der Waals surface area contributed by atoms with Crippen molar-refractivity contribution in [2.24, 2.45) is 5.41 Å². The maximum Gasteiger partial charge on any atom is 0.155 e. The van der Waals surface area contributed by atoms with Gasteiger partial charge in [-0.15, -0.1) is 11.6 Å². The first-order chi connectivity index (χ1) is 7.88. The molecular weight excluding hydrogens is 234 g/mol. The van der Waals surface area contributed by atoms with Crippen LogP contribution in [-0.2, 0) is 6.42 Å². The Hall–Kier alpha value is -1.09. The van der Waals surface area contributed by atoms with Crippen molar-refractivity contribution in [3.05, 3.63) is 29.7 Å². The van der Waals surface area contributed by atoms with Gasteiger partial charge in [0.05, 0.1) is 0 Å². The van der Waals surface area contributed by atoms with Crippen molar-refractivity contribution in [3.8, 4) is 0 Å². The second-order valence-corrected chi connectivity index (χ2v) is 6.12. The van der Waals surface area contributed by atoms with Gasteiger partial charge < -0.3 is 0 Å². The summed E-state index contributed by atoms with van der Waals surface area (Å²) in [6.45, 7) is 8.52. The third kappa shape index (κ3) is 2.60. The van der Waals surface area contributed by atoms with Gasteiger partial charge in [0.25, 0.3) is 0 Å². The number of rotatable bonds is 2. The summed E-state index contributed by atoms with van der Waals surface area (Å²) >= 11 is 6.45. The van der Waals surface area contributed by atoms with Crippen LogP contribution in [0.4, 0.5) is 0 Å². The molecule has 17 heavy (non-hydrogen) atoms.